The molecular formula is C20H23N3O5S. The molecule has 2 aromatic rings. The van der Waals surface area contributed by atoms with Gasteiger partial charge < -0.3 is 5.32 Å². The molecule has 0 saturated carbocycles. The number of carbonyl (C=O) groups is 1. The Bertz CT molecular complexity index is 1050. The normalized spacial score (nSPS) is 14.1. The fourth-order valence-electron chi connectivity index (χ4n) is 3.52. The number of nitrogens with one attached hydrogen (secondary N) is 1. The molecule has 1 N–H and O–H groups in total. The van der Waals surface area contributed by atoms with Crippen LogP contribution < -0.4 is 9.62 Å². The summed E-state index contributed by atoms with van der Waals surface area (Å²) < 4.78 is 25.3. The van der Waals surface area contributed by atoms with Gasteiger partial charge in [-0.2, -0.15) is 0 Å². The van der Waals surface area contributed by atoms with Crippen molar-refractivity contribution >= 4 is 27.3 Å². The average molecular weight is 417 g/mol. The first-order valence-electron chi connectivity index (χ1n) is 9.28. The summed E-state index contributed by atoms with van der Waals surface area (Å²) in [6.45, 7) is 1.38. The molecular weight excluding hydrogens is 394 g/mol. The molecule has 3 rings (SSSR count). The summed E-state index contributed by atoms with van der Waals surface area (Å²) in [6.07, 6.45) is 4.19. The second-order valence-electron chi connectivity index (χ2n) is 7.22. The van der Waals surface area contributed by atoms with Crippen molar-refractivity contribution in [1.82, 2.24) is 5.32 Å². The molecule has 1 aliphatic rings. The van der Waals surface area contributed by atoms with Crippen molar-refractivity contribution in [2.24, 2.45) is 0 Å². The van der Waals surface area contributed by atoms with Gasteiger partial charge in [0.05, 0.1) is 22.9 Å². The van der Waals surface area contributed by atoms with Gasteiger partial charge in [-0.1, -0.05) is 24.3 Å². The number of hydrogen-bond donors (Lipinski definition) is 1. The lowest BCUT2D eigenvalue weighted by molar-refractivity contribution is -0.384. The van der Waals surface area contributed by atoms with Crippen LogP contribution in [0.2, 0.25) is 0 Å². The summed E-state index contributed by atoms with van der Waals surface area (Å²) in [5, 5.41) is 13.8. The molecule has 1 atom stereocenters. The monoisotopic (exact) mass is 417 g/mol. The predicted molar refractivity (Wildman–Crippen MR) is 110 cm³/mol. The Balaban J connectivity index is 1.75. The summed E-state index contributed by atoms with van der Waals surface area (Å²) in [5.41, 5.74) is 3.41. The highest BCUT2D eigenvalue weighted by Crippen LogP contribution is 2.26. The fourth-order valence-corrected chi connectivity index (χ4v) is 4.37. The maximum absolute atomic E-state index is 12.6. The van der Waals surface area contributed by atoms with Crippen LogP contribution in [0.25, 0.3) is 0 Å². The number of amides is 1. The molecule has 0 saturated heterocycles. The van der Waals surface area contributed by atoms with E-state index in [1.165, 1.54) is 29.3 Å². The number of nitrogens with zero attached hydrogens (tertiary/aromatic N) is 2. The molecule has 9 heteroatoms. The third kappa shape index (κ3) is 4.92. The largest absolute Gasteiger partial charge is 0.348 e. The number of carbonyl (C=O) groups excluding carboxylic acids is 1. The van der Waals surface area contributed by atoms with Crippen LogP contribution in [0.15, 0.2) is 42.5 Å². The first-order valence-corrected chi connectivity index (χ1v) is 11.1. The van der Waals surface area contributed by atoms with Crippen molar-refractivity contribution in [2.75, 3.05) is 17.1 Å². The van der Waals surface area contributed by atoms with E-state index in [4.69, 9.17) is 0 Å². The van der Waals surface area contributed by atoms with E-state index in [1.54, 1.807) is 0 Å². The van der Waals surface area contributed by atoms with Crippen LogP contribution in [-0.2, 0) is 27.7 Å². The quantitative estimate of drug-likeness (QED) is 0.550. The molecule has 2 aromatic carbocycles. The van der Waals surface area contributed by atoms with Crippen molar-refractivity contribution in [3.05, 3.63) is 69.3 Å². The van der Waals surface area contributed by atoms with Gasteiger partial charge in [0.2, 0.25) is 15.9 Å². The summed E-state index contributed by atoms with van der Waals surface area (Å²) in [5.74, 6) is -0.491. The van der Waals surface area contributed by atoms with Gasteiger partial charge in [-0.15, -0.1) is 0 Å². The van der Waals surface area contributed by atoms with Crippen LogP contribution >= 0.6 is 0 Å². The van der Waals surface area contributed by atoms with E-state index in [9.17, 15) is 23.3 Å². The standard InChI is InChI=1S/C20H23N3O5S/c1-14(16-10-9-15-5-3-6-17(15)11-16)21-20(24)13-22(29(2,27)28)18-7-4-8-19(12-18)23(25)26/h4,7-12,14H,3,5-6,13H2,1-2H3,(H,21,24)/t14-/m0/s1. The molecule has 1 amide bonds. The van der Waals surface area contributed by atoms with E-state index in [2.05, 4.69) is 17.4 Å². The lowest BCUT2D eigenvalue weighted by atomic mass is 10.0. The maximum atomic E-state index is 12.6. The van der Waals surface area contributed by atoms with Gasteiger partial charge in [0.25, 0.3) is 5.69 Å². The zero-order valence-electron chi connectivity index (χ0n) is 16.3. The average Bonchev–Trinajstić information content (AvgIpc) is 3.13. The summed E-state index contributed by atoms with van der Waals surface area (Å²) in [6, 6.07) is 11.1. The van der Waals surface area contributed by atoms with Crippen LogP contribution in [0.3, 0.4) is 0 Å². The number of aryl methyl sites for hydroxylation is 2. The molecule has 1 aliphatic carbocycles. The molecule has 0 radical (unpaired) electrons. The molecule has 154 valence electrons. The van der Waals surface area contributed by atoms with Crippen LogP contribution in [0.5, 0.6) is 0 Å². The Hall–Kier alpha value is -2.94. The first-order chi connectivity index (χ1) is 13.6. The highest BCUT2D eigenvalue weighted by Gasteiger charge is 2.24. The van der Waals surface area contributed by atoms with Gasteiger partial charge in [-0.25, -0.2) is 8.42 Å². The molecule has 0 bridgehead atoms. The highest BCUT2D eigenvalue weighted by atomic mass is 32.2. The highest BCUT2D eigenvalue weighted by molar-refractivity contribution is 7.92. The Morgan fingerprint density at radius 1 is 1.21 bits per heavy atom. The van der Waals surface area contributed by atoms with Crippen LogP contribution in [0.1, 0.15) is 36.1 Å². The number of anilines is 1. The van der Waals surface area contributed by atoms with E-state index in [-0.39, 0.29) is 17.4 Å². The number of fused-ring (bicyclic) bond motifs is 1. The number of hydrogen-bond acceptors (Lipinski definition) is 5. The minimum Gasteiger partial charge on any atom is -0.348 e. The van der Waals surface area contributed by atoms with Crippen molar-refractivity contribution in [3.63, 3.8) is 0 Å². The maximum Gasteiger partial charge on any atom is 0.271 e. The lowest BCUT2D eigenvalue weighted by Crippen LogP contribution is -2.41. The number of non-ortho nitro benzene ring substituents is 1. The van der Waals surface area contributed by atoms with Gasteiger partial charge >= 0.3 is 0 Å². The molecule has 0 aliphatic heterocycles. The van der Waals surface area contributed by atoms with Crippen molar-refractivity contribution in [2.45, 2.75) is 32.2 Å². The Morgan fingerprint density at radius 2 is 1.93 bits per heavy atom. The van der Waals surface area contributed by atoms with E-state index >= 15 is 0 Å². The van der Waals surface area contributed by atoms with Crippen LogP contribution in [-0.4, -0.2) is 32.0 Å². The molecule has 0 aromatic heterocycles. The Kier molecular flexibility index (Phi) is 5.88. The smallest absolute Gasteiger partial charge is 0.271 e. The zero-order chi connectivity index (χ0) is 21.2. The van der Waals surface area contributed by atoms with Gasteiger partial charge in [0, 0.05) is 12.1 Å². The number of sulfonamides is 1. The number of rotatable bonds is 7. The molecule has 8 nitrogen and oxygen atoms in total. The molecule has 0 spiro atoms. The van der Waals surface area contributed by atoms with E-state index in [1.807, 2.05) is 13.0 Å². The summed E-state index contributed by atoms with van der Waals surface area (Å²) in [4.78, 5) is 22.9. The minimum atomic E-state index is -3.81. The van der Waals surface area contributed by atoms with Crippen molar-refractivity contribution < 1.29 is 18.1 Å². The third-order valence-corrected chi connectivity index (χ3v) is 6.16. The number of benzene rings is 2. The van der Waals surface area contributed by atoms with Crippen molar-refractivity contribution in [1.29, 1.82) is 0 Å². The number of nitro groups is 1. The Labute approximate surface area is 169 Å². The van der Waals surface area contributed by atoms with E-state index in [0.29, 0.717) is 0 Å². The fraction of sp³-hybridized carbons (Fsp3) is 0.350. The SMILES string of the molecule is C[C@H](NC(=O)CN(c1cccc([N+](=O)[O-])c1)S(C)(=O)=O)c1ccc2c(c1)CCC2. The van der Waals surface area contributed by atoms with E-state index < -0.39 is 27.4 Å². The van der Waals surface area contributed by atoms with Gasteiger partial charge in [-0.3, -0.25) is 19.2 Å². The predicted octanol–water partition coefficient (Wildman–Crippen LogP) is 2.73. The molecule has 0 fully saturated rings. The minimum absolute atomic E-state index is 0.0713. The Morgan fingerprint density at radius 3 is 2.62 bits per heavy atom. The first kappa shape index (κ1) is 20.8. The summed E-state index contributed by atoms with van der Waals surface area (Å²) >= 11 is 0. The van der Waals surface area contributed by atoms with Gasteiger partial charge in [-0.05, 0) is 48.9 Å². The molecule has 29 heavy (non-hydrogen) atoms. The second-order valence-corrected chi connectivity index (χ2v) is 9.12. The van der Waals surface area contributed by atoms with E-state index in [0.717, 1.165) is 41.5 Å². The second kappa shape index (κ2) is 8.20. The van der Waals surface area contributed by atoms with Crippen LogP contribution in [0, 0.1) is 10.1 Å². The zero-order valence-corrected chi connectivity index (χ0v) is 17.1. The van der Waals surface area contributed by atoms with Crippen LogP contribution in [0.4, 0.5) is 11.4 Å². The molecule has 0 heterocycles. The lowest BCUT2D eigenvalue weighted by Gasteiger charge is -2.23. The summed E-state index contributed by atoms with van der Waals surface area (Å²) in [7, 11) is -3.81. The van der Waals surface area contributed by atoms with Gasteiger partial charge in [0.15, 0.2) is 0 Å². The van der Waals surface area contributed by atoms with Gasteiger partial charge in [0.1, 0.15) is 6.54 Å². The third-order valence-electron chi connectivity index (χ3n) is 5.02. The van der Waals surface area contributed by atoms with Crippen molar-refractivity contribution in [3.8, 4) is 0 Å². The number of nitro benzene ring substituents is 1. The molecule has 0 unspecified atom stereocenters. The topological polar surface area (TPSA) is 110 Å².